The Hall–Kier alpha value is -3.00. The molecule has 1 aliphatic rings. The van der Waals surface area contributed by atoms with Gasteiger partial charge in [-0.2, -0.15) is 16.4 Å². The summed E-state index contributed by atoms with van der Waals surface area (Å²) in [5, 5.41) is 11.2. The van der Waals surface area contributed by atoms with Crippen LogP contribution in [-0.4, -0.2) is 33.1 Å². The Morgan fingerprint density at radius 2 is 2.04 bits per heavy atom. The normalized spacial score (nSPS) is 16.2. The zero-order chi connectivity index (χ0) is 18.1. The molecule has 132 valence electrons. The van der Waals surface area contributed by atoms with Crippen molar-refractivity contribution in [1.82, 2.24) is 20.1 Å². The number of hydrogen-bond acceptors (Lipinski definition) is 5. The SMILES string of the molecule is Cn1cc2c(n1)N(C(=O)c1ccsc1)CC[C@H]2NC(=O)c1ccncc1. The first-order valence-electron chi connectivity index (χ1n) is 8.22. The highest BCUT2D eigenvalue weighted by atomic mass is 32.1. The van der Waals surface area contributed by atoms with Gasteiger partial charge in [0.15, 0.2) is 5.82 Å². The van der Waals surface area contributed by atoms with Crippen molar-refractivity contribution in [2.75, 3.05) is 11.4 Å². The summed E-state index contributed by atoms with van der Waals surface area (Å²) in [6.07, 6.45) is 5.67. The fraction of sp³-hybridized carbons (Fsp3) is 0.222. The largest absolute Gasteiger partial charge is 0.345 e. The number of rotatable bonds is 3. The number of carbonyl (C=O) groups excluding carboxylic acids is 2. The van der Waals surface area contributed by atoms with Gasteiger partial charge in [-0.1, -0.05) is 0 Å². The third-order valence-corrected chi connectivity index (χ3v) is 5.05. The highest BCUT2D eigenvalue weighted by Crippen LogP contribution is 2.33. The smallest absolute Gasteiger partial charge is 0.260 e. The zero-order valence-electron chi connectivity index (χ0n) is 14.1. The second kappa shape index (κ2) is 6.72. The maximum Gasteiger partial charge on any atom is 0.260 e. The summed E-state index contributed by atoms with van der Waals surface area (Å²) in [6, 6.07) is 4.97. The molecule has 8 heteroatoms. The minimum atomic E-state index is -0.189. The van der Waals surface area contributed by atoms with Crippen LogP contribution in [0.5, 0.6) is 0 Å². The summed E-state index contributed by atoms with van der Waals surface area (Å²) < 4.78 is 1.68. The fourth-order valence-corrected chi connectivity index (χ4v) is 3.73. The first kappa shape index (κ1) is 16.5. The van der Waals surface area contributed by atoms with E-state index in [1.54, 1.807) is 34.1 Å². The Kier molecular flexibility index (Phi) is 4.26. The molecule has 0 saturated heterocycles. The van der Waals surface area contributed by atoms with Crippen LogP contribution in [0.2, 0.25) is 0 Å². The lowest BCUT2D eigenvalue weighted by atomic mass is 10.0. The van der Waals surface area contributed by atoms with Crippen molar-refractivity contribution >= 4 is 29.0 Å². The Morgan fingerprint density at radius 1 is 1.23 bits per heavy atom. The molecule has 0 unspecified atom stereocenters. The average Bonchev–Trinajstić information content (AvgIpc) is 3.31. The Balaban J connectivity index is 1.60. The van der Waals surface area contributed by atoms with Crippen LogP contribution in [-0.2, 0) is 7.05 Å². The molecule has 0 aromatic carbocycles. The molecule has 4 heterocycles. The highest BCUT2D eigenvalue weighted by molar-refractivity contribution is 7.08. The van der Waals surface area contributed by atoms with Gasteiger partial charge in [-0.05, 0) is 30.0 Å². The molecule has 3 aromatic heterocycles. The summed E-state index contributed by atoms with van der Waals surface area (Å²) in [5.41, 5.74) is 2.07. The van der Waals surface area contributed by atoms with Gasteiger partial charge in [-0.25, -0.2) is 0 Å². The molecule has 1 N–H and O–H groups in total. The number of nitrogens with one attached hydrogen (secondary N) is 1. The number of aromatic nitrogens is 3. The molecular weight excluding hydrogens is 350 g/mol. The van der Waals surface area contributed by atoms with E-state index in [2.05, 4.69) is 15.4 Å². The molecule has 0 saturated carbocycles. The molecule has 7 nitrogen and oxygen atoms in total. The Morgan fingerprint density at radius 3 is 2.77 bits per heavy atom. The minimum absolute atomic E-state index is 0.0647. The highest BCUT2D eigenvalue weighted by Gasteiger charge is 2.33. The summed E-state index contributed by atoms with van der Waals surface area (Å²) in [4.78, 5) is 30.9. The predicted molar refractivity (Wildman–Crippen MR) is 98.3 cm³/mol. The van der Waals surface area contributed by atoms with Gasteiger partial charge in [0.05, 0.1) is 11.6 Å². The molecule has 1 atom stereocenters. The molecule has 0 fully saturated rings. The van der Waals surface area contributed by atoms with Crippen molar-refractivity contribution in [3.63, 3.8) is 0 Å². The second-order valence-corrected chi connectivity index (χ2v) is 6.88. The van der Waals surface area contributed by atoms with E-state index in [-0.39, 0.29) is 17.9 Å². The van der Waals surface area contributed by atoms with Crippen molar-refractivity contribution < 1.29 is 9.59 Å². The van der Waals surface area contributed by atoms with E-state index in [1.165, 1.54) is 11.3 Å². The van der Waals surface area contributed by atoms with E-state index >= 15 is 0 Å². The van der Waals surface area contributed by atoms with Crippen LogP contribution in [0.3, 0.4) is 0 Å². The topological polar surface area (TPSA) is 80.1 Å². The molecule has 3 aromatic rings. The molecule has 1 aliphatic heterocycles. The van der Waals surface area contributed by atoms with E-state index in [9.17, 15) is 9.59 Å². The molecule has 4 rings (SSSR count). The van der Waals surface area contributed by atoms with Crippen molar-refractivity contribution in [1.29, 1.82) is 0 Å². The number of fused-ring (bicyclic) bond motifs is 1. The van der Waals surface area contributed by atoms with Crippen molar-refractivity contribution in [3.8, 4) is 0 Å². The van der Waals surface area contributed by atoms with Gasteiger partial charge in [0, 0.05) is 48.7 Å². The summed E-state index contributed by atoms with van der Waals surface area (Å²) in [7, 11) is 1.81. The molecule has 0 radical (unpaired) electrons. The predicted octanol–water partition coefficient (Wildman–Crippen LogP) is 2.40. The van der Waals surface area contributed by atoms with Gasteiger partial charge in [0.1, 0.15) is 0 Å². The first-order valence-corrected chi connectivity index (χ1v) is 9.16. The molecule has 26 heavy (non-hydrogen) atoms. The van der Waals surface area contributed by atoms with Crippen LogP contribution in [0, 0.1) is 0 Å². The van der Waals surface area contributed by atoms with Gasteiger partial charge in [0.25, 0.3) is 11.8 Å². The van der Waals surface area contributed by atoms with Gasteiger partial charge >= 0.3 is 0 Å². The van der Waals surface area contributed by atoms with Gasteiger partial charge in [-0.15, -0.1) is 0 Å². The van der Waals surface area contributed by atoms with Gasteiger partial charge in [-0.3, -0.25) is 24.2 Å². The van der Waals surface area contributed by atoms with E-state index in [1.807, 2.05) is 30.1 Å². The number of thiophene rings is 1. The van der Waals surface area contributed by atoms with E-state index in [4.69, 9.17) is 0 Å². The lowest BCUT2D eigenvalue weighted by Gasteiger charge is -2.31. The number of amides is 2. The maximum atomic E-state index is 12.8. The first-order chi connectivity index (χ1) is 12.6. The lowest BCUT2D eigenvalue weighted by molar-refractivity contribution is 0.0933. The number of nitrogens with zero attached hydrogens (tertiary/aromatic N) is 4. The van der Waals surface area contributed by atoms with Gasteiger partial charge < -0.3 is 5.32 Å². The summed E-state index contributed by atoms with van der Waals surface area (Å²) in [5.74, 6) is 0.380. The number of pyridine rings is 1. The number of anilines is 1. The minimum Gasteiger partial charge on any atom is -0.345 e. The van der Waals surface area contributed by atoms with Crippen LogP contribution < -0.4 is 10.2 Å². The van der Waals surface area contributed by atoms with E-state index in [0.717, 1.165) is 5.56 Å². The quantitative estimate of drug-likeness (QED) is 0.771. The maximum absolute atomic E-state index is 12.8. The third-order valence-electron chi connectivity index (χ3n) is 4.37. The average molecular weight is 367 g/mol. The fourth-order valence-electron chi connectivity index (χ4n) is 3.10. The Bertz CT molecular complexity index is 936. The third kappa shape index (κ3) is 2.99. The van der Waals surface area contributed by atoms with E-state index in [0.29, 0.717) is 29.9 Å². The number of carbonyl (C=O) groups is 2. The van der Waals surface area contributed by atoms with Crippen LogP contribution in [0.25, 0.3) is 0 Å². The van der Waals surface area contributed by atoms with Crippen LogP contribution in [0.4, 0.5) is 5.82 Å². The van der Waals surface area contributed by atoms with Crippen LogP contribution in [0.1, 0.15) is 38.7 Å². The van der Waals surface area contributed by atoms with Gasteiger partial charge in [0.2, 0.25) is 0 Å². The van der Waals surface area contributed by atoms with Crippen molar-refractivity contribution in [2.45, 2.75) is 12.5 Å². The zero-order valence-corrected chi connectivity index (χ0v) is 14.9. The van der Waals surface area contributed by atoms with Crippen LogP contribution in [0.15, 0.2) is 47.5 Å². The summed E-state index contributed by atoms with van der Waals surface area (Å²) in [6.45, 7) is 0.500. The molecular formula is C18H17N5O2S. The second-order valence-electron chi connectivity index (χ2n) is 6.10. The van der Waals surface area contributed by atoms with Crippen LogP contribution >= 0.6 is 11.3 Å². The lowest BCUT2D eigenvalue weighted by Crippen LogP contribution is -2.40. The molecule has 2 amide bonds. The molecule has 0 aliphatic carbocycles. The molecule has 0 spiro atoms. The Labute approximate surface area is 154 Å². The summed E-state index contributed by atoms with van der Waals surface area (Å²) >= 11 is 1.49. The van der Waals surface area contributed by atoms with Crippen molar-refractivity contribution in [2.24, 2.45) is 7.05 Å². The number of hydrogen-bond donors (Lipinski definition) is 1. The standard InChI is InChI=1S/C18H17N5O2S/c1-22-10-14-15(20-17(24)12-2-6-19-7-3-12)4-8-23(16(14)21-22)18(25)13-5-9-26-11-13/h2-3,5-7,9-11,15H,4,8H2,1H3,(H,20,24)/t15-/m1/s1. The monoisotopic (exact) mass is 367 g/mol. The number of aryl methyl sites for hydroxylation is 1. The molecule has 0 bridgehead atoms. The van der Waals surface area contributed by atoms with Crippen molar-refractivity contribution in [3.05, 3.63) is 64.2 Å². The van der Waals surface area contributed by atoms with E-state index < -0.39 is 0 Å².